The van der Waals surface area contributed by atoms with E-state index in [0.29, 0.717) is 23.2 Å². The van der Waals surface area contributed by atoms with Crippen molar-refractivity contribution in [2.75, 3.05) is 0 Å². The molecule has 3 aromatic heterocycles. The maximum atomic E-state index is 5.00. The van der Waals surface area contributed by atoms with E-state index in [-0.39, 0.29) is 0 Å². The van der Waals surface area contributed by atoms with E-state index in [1.807, 2.05) is 6.20 Å². The minimum atomic E-state index is 0.525. The quantitative estimate of drug-likeness (QED) is 0.175. The molecular formula is C48H37N5. The molecule has 0 fully saturated rings. The van der Waals surface area contributed by atoms with Gasteiger partial charge in [0.15, 0.2) is 17.5 Å². The van der Waals surface area contributed by atoms with Gasteiger partial charge in [0, 0.05) is 33.8 Å². The molecule has 9 aromatic rings. The van der Waals surface area contributed by atoms with Gasteiger partial charge in [0.1, 0.15) is 5.69 Å². The lowest BCUT2D eigenvalue weighted by Gasteiger charge is -2.11. The summed E-state index contributed by atoms with van der Waals surface area (Å²) in [4.78, 5) is 19.8. The van der Waals surface area contributed by atoms with Crippen molar-refractivity contribution in [2.45, 2.75) is 27.7 Å². The summed E-state index contributed by atoms with van der Waals surface area (Å²) in [5.41, 5.74) is 15.4. The van der Waals surface area contributed by atoms with Crippen molar-refractivity contribution in [2.24, 2.45) is 0 Å². The molecule has 3 heterocycles. The van der Waals surface area contributed by atoms with E-state index < -0.39 is 0 Å². The Bertz CT molecular complexity index is 2610. The predicted molar refractivity (Wildman–Crippen MR) is 218 cm³/mol. The fourth-order valence-corrected chi connectivity index (χ4v) is 6.99. The second-order valence-electron chi connectivity index (χ2n) is 14.0. The summed E-state index contributed by atoms with van der Waals surface area (Å²) in [7, 11) is 0. The first-order chi connectivity index (χ1) is 25.9. The Morgan fingerprint density at radius 3 is 1.17 bits per heavy atom. The molecule has 0 spiro atoms. The van der Waals surface area contributed by atoms with Crippen LogP contribution in [0.15, 0.2) is 152 Å². The molecule has 0 saturated carbocycles. The van der Waals surface area contributed by atoms with E-state index in [4.69, 9.17) is 19.9 Å². The Hall–Kier alpha value is -6.72. The number of aryl methyl sites for hydroxylation is 4. The van der Waals surface area contributed by atoms with Gasteiger partial charge in [0.05, 0.1) is 11.0 Å². The van der Waals surface area contributed by atoms with Gasteiger partial charge in [-0.05, 0) is 86.3 Å². The number of benzene rings is 6. The van der Waals surface area contributed by atoms with E-state index in [1.54, 1.807) is 0 Å². The summed E-state index contributed by atoms with van der Waals surface area (Å²) in [5, 5.41) is 2.38. The van der Waals surface area contributed by atoms with Gasteiger partial charge in [0.25, 0.3) is 0 Å². The van der Waals surface area contributed by atoms with Gasteiger partial charge < -0.3 is 4.57 Å². The number of aromatic nitrogens is 5. The molecule has 0 amide bonds. The highest BCUT2D eigenvalue weighted by Gasteiger charge is 2.18. The maximum Gasteiger partial charge on any atom is 0.182 e. The van der Waals surface area contributed by atoms with Crippen molar-refractivity contribution in [1.82, 2.24) is 24.5 Å². The van der Waals surface area contributed by atoms with Crippen LogP contribution in [0.1, 0.15) is 22.3 Å². The highest BCUT2D eigenvalue weighted by molar-refractivity contribution is 6.11. The lowest BCUT2D eigenvalue weighted by Crippen LogP contribution is -2.02. The number of fused-ring (bicyclic) bond motifs is 3. The molecule has 0 atom stereocenters. The molecule has 254 valence electrons. The van der Waals surface area contributed by atoms with E-state index in [9.17, 15) is 0 Å². The second kappa shape index (κ2) is 13.1. The van der Waals surface area contributed by atoms with Crippen LogP contribution in [0.2, 0.25) is 0 Å². The normalized spacial score (nSPS) is 11.4. The van der Waals surface area contributed by atoms with Crippen molar-refractivity contribution in [3.05, 3.63) is 174 Å². The third-order valence-electron chi connectivity index (χ3n) is 10.0. The standard InChI is InChI=1S/C48H37N5/c1-30-5-13-34(14-6-30)38-21-23-44-41(27-38)42-28-39(35-15-7-31(2)8-16-35)22-24-45(42)53(44)40-25-26-49-43(29-40)48-51-46(36-17-9-32(3)10-18-36)50-47(52-48)37-19-11-33(4)12-20-37/h5-29H,1-4H3. The summed E-state index contributed by atoms with van der Waals surface area (Å²) in [6.07, 6.45) is 1.85. The van der Waals surface area contributed by atoms with Gasteiger partial charge in [-0.15, -0.1) is 0 Å². The zero-order valence-electron chi connectivity index (χ0n) is 30.2. The van der Waals surface area contributed by atoms with Crippen LogP contribution in [0, 0.1) is 27.7 Å². The van der Waals surface area contributed by atoms with E-state index in [0.717, 1.165) is 27.8 Å². The SMILES string of the molecule is Cc1ccc(-c2ccc3c(c2)c2cc(-c4ccc(C)cc4)ccc2n3-c2ccnc(-c3nc(-c4ccc(C)cc4)nc(-c4ccc(C)cc4)n3)c2)cc1. The van der Waals surface area contributed by atoms with Crippen LogP contribution in [0.5, 0.6) is 0 Å². The minimum absolute atomic E-state index is 0.525. The molecule has 5 heteroatoms. The van der Waals surface area contributed by atoms with Gasteiger partial charge in [-0.1, -0.05) is 131 Å². The summed E-state index contributed by atoms with van der Waals surface area (Å²) in [6, 6.07) is 51.8. The van der Waals surface area contributed by atoms with E-state index in [2.05, 4.69) is 178 Å². The Kier molecular flexibility index (Phi) is 7.97. The number of pyridine rings is 1. The fourth-order valence-electron chi connectivity index (χ4n) is 6.99. The van der Waals surface area contributed by atoms with Gasteiger partial charge in [0.2, 0.25) is 0 Å². The van der Waals surface area contributed by atoms with Crippen molar-refractivity contribution >= 4 is 21.8 Å². The summed E-state index contributed by atoms with van der Waals surface area (Å²) < 4.78 is 2.33. The molecule has 0 aliphatic carbocycles. The topological polar surface area (TPSA) is 56.5 Å². The van der Waals surface area contributed by atoms with Gasteiger partial charge in [-0.2, -0.15) is 0 Å². The zero-order valence-corrected chi connectivity index (χ0v) is 30.2. The van der Waals surface area contributed by atoms with Crippen molar-refractivity contribution in [3.63, 3.8) is 0 Å². The third-order valence-corrected chi connectivity index (χ3v) is 10.0. The van der Waals surface area contributed by atoms with Crippen molar-refractivity contribution in [1.29, 1.82) is 0 Å². The van der Waals surface area contributed by atoms with Gasteiger partial charge >= 0.3 is 0 Å². The molecule has 0 aliphatic heterocycles. The molecule has 0 radical (unpaired) electrons. The first-order valence-corrected chi connectivity index (χ1v) is 18.0. The molecule has 0 aliphatic rings. The van der Waals surface area contributed by atoms with Crippen LogP contribution in [-0.2, 0) is 0 Å². The smallest absolute Gasteiger partial charge is 0.182 e. The zero-order chi connectivity index (χ0) is 36.1. The molecule has 0 unspecified atom stereocenters. The summed E-state index contributed by atoms with van der Waals surface area (Å²) in [5.74, 6) is 1.75. The second-order valence-corrected chi connectivity index (χ2v) is 14.0. The van der Waals surface area contributed by atoms with Crippen LogP contribution >= 0.6 is 0 Å². The number of nitrogens with zero attached hydrogens (tertiary/aromatic N) is 5. The van der Waals surface area contributed by atoms with Crippen LogP contribution < -0.4 is 0 Å². The van der Waals surface area contributed by atoms with Crippen molar-refractivity contribution in [3.8, 4) is 62.2 Å². The van der Waals surface area contributed by atoms with Crippen molar-refractivity contribution < 1.29 is 0 Å². The Morgan fingerprint density at radius 1 is 0.358 bits per heavy atom. The first-order valence-electron chi connectivity index (χ1n) is 18.0. The Labute approximate surface area is 309 Å². The molecule has 0 N–H and O–H groups in total. The largest absolute Gasteiger partial charge is 0.309 e. The lowest BCUT2D eigenvalue weighted by atomic mass is 9.99. The van der Waals surface area contributed by atoms with Gasteiger partial charge in [-0.3, -0.25) is 4.98 Å². The average molecular weight is 684 g/mol. The minimum Gasteiger partial charge on any atom is -0.309 e. The highest BCUT2D eigenvalue weighted by Crippen LogP contribution is 2.38. The molecule has 0 saturated heterocycles. The molecule has 0 bridgehead atoms. The van der Waals surface area contributed by atoms with Crippen LogP contribution in [0.4, 0.5) is 0 Å². The molecule has 5 nitrogen and oxygen atoms in total. The van der Waals surface area contributed by atoms with E-state index in [1.165, 1.54) is 55.3 Å². The first kappa shape index (κ1) is 32.2. The molecule has 53 heavy (non-hydrogen) atoms. The molecular weight excluding hydrogens is 647 g/mol. The predicted octanol–water partition coefficient (Wildman–Crippen LogP) is 11.9. The van der Waals surface area contributed by atoms with Crippen LogP contribution in [0.3, 0.4) is 0 Å². The fraction of sp³-hybridized carbons (Fsp3) is 0.0833. The maximum absolute atomic E-state index is 5.00. The molecule has 9 rings (SSSR count). The molecule has 6 aromatic carbocycles. The average Bonchev–Trinajstić information content (AvgIpc) is 3.52. The number of rotatable bonds is 6. The van der Waals surface area contributed by atoms with Crippen LogP contribution in [0.25, 0.3) is 84.0 Å². The Balaban J connectivity index is 1.23. The monoisotopic (exact) mass is 683 g/mol. The van der Waals surface area contributed by atoms with Crippen LogP contribution in [-0.4, -0.2) is 24.5 Å². The third kappa shape index (κ3) is 6.17. The van der Waals surface area contributed by atoms with E-state index >= 15 is 0 Å². The number of hydrogen-bond donors (Lipinski definition) is 0. The summed E-state index contributed by atoms with van der Waals surface area (Å²) in [6.45, 7) is 8.41. The number of hydrogen-bond acceptors (Lipinski definition) is 4. The lowest BCUT2D eigenvalue weighted by molar-refractivity contribution is 1.05. The summed E-state index contributed by atoms with van der Waals surface area (Å²) >= 11 is 0. The Morgan fingerprint density at radius 2 is 0.736 bits per heavy atom. The van der Waals surface area contributed by atoms with Gasteiger partial charge in [-0.25, -0.2) is 15.0 Å². The highest BCUT2D eigenvalue weighted by atomic mass is 15.1.